The Bertz CT molecular complexity index is 654. The highest BCUT2D eigenvalue weighted by atomic mass is 16.1. The third kappa shape index (κ3) is 3.05. The zero-order chi connectivity index (χ0) is 14.8. The fourth-order valence-electron chi connectivity index (χ4n) is 2.60. The lowest BCUT2D eigenvalue weighted by Crippen LogP contribution is -2.27. The maximum atomic E-state index is 12.3. The van der Waals surface area contributed by atoms with Crippen molar-refractivity contribution in [3.63, 3.8) is 0 Å². The number of nitrogens with two attached hydrogens (primary N) is 1. The normalized spacial score (nSPS) is 20.0. The van der Waals surface area contributed by atoms with Crippen LogP contribution in [0.15, 0.2) is 42.5 Å². The molecule has 0 radical (unpaired) electrons. The van der Waals surface area contributed by atoms with Gasteiger partial charge in [-0.3, -0.25) is 4.79 Å². The van der Waals surface area contributed by atoms with E-state index in [1.807, 2.05) is 31.2 Å². The number of aromatic nitrogens is 1. The van der Waals surface area contributed by atoms with Crippen LogP contribution in [0, 0.1) is 0 Å². The molecule has 0 saturated heterocycles. The van der Waals surface area contributed by atoms with E-state index >= 15 is 0 Å². The summed E-state index contributed by atoms with van der Waals surface area (Å²) in [6.45, 7) is 2.00. The van der Waals surface area contributed by atoms with E-state index in [2.05, 4.69) is 22.4 Å². The molecule has 3 N–H and O–H groups in total. The fourth-order valence-corrected chi connectivity index (χ4v) is 2.60. The van der Waals surface area contributed by atoms with Crippen LogP contribution in [-0.4, -0.2) is 16.9 Å². The highest BCUT2D eigenvalue weighted by Crippen LogP contribution is 2.40. The van der Waals surface area contributed by atoms with Gasteiger partial charge in [0, 0.05) is 23.2 Å². The van der Waals surface area contributed by atoms with Crippen molar-refractivity contribution < 1.29 is 4.79 Å². The fraction of sp³-hybridized carbons (Fsp3) is 0.294. The van der Waals surface area contributed by atoms with E-state index < -0.39 is 0 Å². The summed E-state index contributed by atoms with van der Waals surface area (Å²) in [5.74, 6) is 0.761. The number of carbonyl (C=O) groups excluding carboxylic acids is 1. The summed E-state index contributed by atoms with van der Waals surface area (Å²) in [5.41, 5.74) is 8.47. The van der Waals surface area contributed by atoms with Gasteiger partial charge in [0.05, 0.1) is 0 Å². The molecule has 2 unspecified atom stereocenters. The van der Waals surface area contributed by atoms with Crippen molar-refractivity contribution in [2.75, 3.05) is 5.73 Å². The predicted molar refractivity (Wildman–Crippen MR) is 83.1 cm³/mol. The Morgan fingerprint density at radius 1 is 1.33 bits per heavy atom. The molecule has 0 bridgehead atoms. The third-order valence-electron chi connectivity index (χ3n) is 3.86. The third-order valence-corrected chi connectivity index (χ3v) is 3.86. The molecule has 1 aromatic heterocycles. The number of benzene rings is 1. The topological polar surface area (TPSA) is 68.0 Å². The summed E-state index contributed by atoms with van der Waals surface area (Å²) in [5, 5.41) is 3.07. The highest BCUT2D eigenvalue weighted by Gasteiger charge is 2.39. The molecule has 1 fully saturated rings. The van der Waals surface area contributed by atoms with Gasteiger partial charge in [0.25, 0.3) is 5.91 Å². The van der Waals surface area contributed by atoms with Crippen LogP contribution in [0.5, 0.6) is 0 Å². The minimum Gasteiger partial charge on any atom is -0.384 e. The zero-order valence-corrected chi connectivity index (χ0v) is 12.0. The van der Waals surface area contributed by atoms with Crippen molar-refractivity contribution in [3.05, 3.63) is 59.3 Å². The van der Waals surface area contributed by atoms with Crippen LogP contribution in [0.25, 0.3) is 0 Å². The average Bonchev–Trinajstić information content (AvgIpc) is 3.26. The highest BCUT2D eigenvalue weighted by molar-refractivity contribution is 5.95. The summed E-state index contributed by atoms with van der Waals surface area (Å²) in [7, 11) is 0. The van der Waals surface area contributed by atoms with Crippen molar-refractivity contribution in [3.8, 4) is 0 Å². The first-order chi connectivity index (χ1) is 10.2. The van der Waals surface area contributed by atoms with Crippen molar-refractivity contribution >= 4 is 11.7 Å². The number of nitrogens with one attached hydrogen (secondary N) is 1. The second-order valence-corrected chi connectivity index (χ2v) is 5.46. The molecule has 0 spiro atoms. The lowest BCUT2D eigenvalue weighted by Gasteiger charge is -2.07. The molecule has 3 rings (SSSR count). The van der Waals surface area contributed by atoms with Crippen LogP contribution >= 0.6 is 0 Å². The maximum absolute atomic E-state index is 12.3. The molecular formula is C17H19N3O. The molecule has 2 atom stereocenters. The number of anilines is 1. The van der Waals surface area contributed by atoms with E-state index in [1.165, 1.54) is 5.56 Å². The monoisotopic (exact) mass is 281 g/mol. The van der Waals surface area contributed by atoms with Crippen molar-refractivity contribution in [2.45, 2.75) is 31.7 Å². The van der Waals surface area contributed by atoms with Crippen molar-refractivity contribution in [1.29, 1.82) is 0 Å². The number of rotatable bonds is 4. The van der Waals surface area contributed by atoms with Gasteiger partial charge in [0.15, 0.2) is 0 Å². The van der Waals surface area contributed by atoms with Crippen LogP contribution in [0.2, 0.25) is 0 Å². The molecule has 4 heteroatoms. The number of amides is 1. The largest absolute Gasteiger partial charge is 0.384 e. The first kappa shape index (κ1) is 13.6. The minimum atomic E-state index is -0.0674. The predicted octanol–water partition coefficient (Wildman–Crippen LogP) is 2.51. The molecule has 1 aromatic carbocycles. The van der Waals surface area contributed by atoms with Crippen LogP contribution in [0.3, 0.4) is 0 Å². The summed E-state index contributed by atoms with van der Waals surface area (Å²) in [4.78, 5) is 16.5. The summed E-state index contributed by atoms with van der Waals surface area (Å²) in [6.07, 6.45) is 1.76. The van der Waals surface area contributed by atoms with Gasteiger partial charge < -0.3 is 11.1 Å². The number of nitrogens with zero attached hydrogens (tertiary/aromatic N) is 1. The van der Waals surface area contributed by atoms with E-state index in [0.29, 0.717) is 17.3 Å². The molecule has 2 aromatic rings. The second-order valence-electron chi connectivity index (χ2n) is 5.46. The van der Waals surface area contributed by atoms with Crippen LogP contribution < -0.4 is 11.1 Å². The number of nitrogen functional groups attached to an aromatic ring is 1. The van der Waals surface area contributed by atoms with Crippen molar-refractivity contribution in [2.24, 2.45) is 0 Å². The zero-order valence-electron chi connectivity index (χ0n) is 12.0. The second kappa shape index (κ2) is 5.56. The molecule has 0 aliphatic heterocycles. The Balaban J connectivity index is 1.67. The maximum Gasteiger partial charge on any atom is 0.251 e. The smallest absolute Gasteiger partial charge is 0.251 e. The molecule has 21 heavy (non-hydrogen) atoms. The van der Waals surface area contributed by atoms with E-state index in [1.54, 1.807) is 6.07 Å². The lowest BCUT2D eigenvalue weighted by molar-refractivity contribution is 0.0950. The van der Waals surface area contributed by atoms with Gasteiger partial charge in [-0.05, 0) is 30.5 Å². The van der Waals surface area contributed by atoms with Crippen LogP contribution in [0.1, 0.15) is 40.9 Å². The molecule has 1 aliphatic carbocycles. The molecule has 1 saturated carbocycles. The number of pyridine rings is 1. The van der Waals surface area contributed by atoms with Crippen LogP contribution in [-0.2, 0) is 6.42 Å². The molecule has 1 amide bonds. The molecule has 108 valence electrons. The Labute approximate surface area is 124 Å². The van der Waals surface area contributed by atoms with Crippen molar-refractivity contribution in [1.82, 2.24) is 10.3 Å². The van der Waals surface area contributed by atoms with E-state index in [-0.39, 0.29) is 11.9 Å². The Morgan fingerprint density at radius 2 is 2.10 bits per heavy atom. The standard InChI is InChI=1S/C17H19N3O/c1-2-13-8-12(9-16(18)19-13)17(21)20-15-10-14(15)11-6-4-3-5-7-11/h3-9,14-15H,2,10H2,1H3,(H2,18,19)(H,20,21). The van der Waals surface area contributed by atoms with Gasteiger partial charge in [-0.2, -0.15) is 0 Å². The Kier molecular flexibility index (Phi) is 3.60. The van der Waals surface area contributed by atoms with Crippen LogP contribution in [0.4, 0.5) is 5.82 Å². The number of carbonyl (C=O) groups is 1. The van der Waals surface area contributed by atoms with E-state index in [9.17, 15) is 4.79 Å². The number of hydrogen-bond donors (Lipinski definition) is 2. The summed E-state index contributed by atoms with van der Waals surface area (Å²) in [6, 6.07) is 13.9. The van der Waals surface area contributed by atoms with E-state index in [4.69, 9.17) is 5.73 Å². The van der Waals surface area contributed by atoms with Gasteiger partial charge in [0.2, 0.25) is 0 Å². The molecule has 1 heterocycles. The van der Waals surface area contributed by atoms with Gasteiger partial charge in [-0.1, -0.05) is 37.3 Å². The first-order valence-corrected chi connectivity index (χ1v) is 7.29. The minimum absolute atomic E-state index is 0.0674. The molecule has 4 nitrogen and oxygen atoms in total. The first-order valence-electron chi connectivity index (χ1n) is 7.29. The number of hydrogen-bond acceptors (Lipinski definition) is 3. The van der Waals surface area contributed by atoms with Gasteiger partial charge in [-0.15, -0.1) is 0 Å². The lowest BCUT2D eigenvalue weighted by atomic mass is 10.1. The van der Waals surface area contributed by atoms with Gasteiger partial charge in [-0.25, -0.2) is 4.98 Å². The number of aryl methyl sites for hydroxylation is 1. The van der Waals surface area contributed by atoms with Gasteiger partial charge in [0.1, 0.15) is 5.82 Å². The van der Waals surface area contributed by atoms with Gasteiger partial charge >= 0.3 is 0 Å². The molecular weight excluding hydrogens is 262 g/mol. The summed E-state index contributed by atoms with van der Waals surface area (Å²) >= 11 is 0. The summed E-state index contributed by atoms with van der Waals surface area (Å²) < 4.78 is 0. The Hall–Kier alpha value is -2.36. The molecule has 1 aliphatic rings. The quantitative estimate of drug-likeness (QED) is 0.904. The van der Waals surface area contributed by atoms with E-state index in [0.717, 1.165) is 18.5 Å². The average molecular weight is 281 g/mol. The Morgan fingerprint density at radius 3 is 2.81 bits per heavy atom. The SMILES string of the molecule is CCc1cc(C(=O)NC2CC2c2ccccc2)cc(N)n1.